The molecule has 0 aromatic heterocycles. The van der Waals surface area contributed by atoms with E-state index in [1.165, 1.54) is 0 Å². The molecule has 0 aromatic carbocycles. The molecule has 0 bridgehead atoms. The zero-order valence-corrected chi connectivity index (χ0v) is 10.8. The predicted molar refractivity (Wildman–Crippen MR) is 61.8 cm³/mol. The fourth-order valence-electron chi connectivity index (χ4n) is 1.60. The first-order chi connectivity index (χ1) is 7.93. The number of aliphatic hydroxyl groups excluding tert-OH is 1. The van der Waals surface area contributed by atoms with Crippen LogP contribution in [0.2, 0.25) is 0 Å². The molecule has 7 heteroatoms. The molecule has 0 aliphatic heterocycles. The monoisotopic (exact) mass is 265 g/mol. The van der Waals surface area contributed by atoms with Gasteiger partial charge < -0.3 is 9.84 Å². The molecule has 1 fully saturated rings. The first kappa shape index (κ1) is 14.4. The van der Waals surface area contributed by atoms with Crippen LogP contribution in [0, 0.1) is 5.41 Å². The molecule has 6 nitrogen and oxygen atoms in total. The maximum absolute atomic E-state index is 11.5. The van der Waals surface area contributed by atoms with Gasteiger partial charge in [-0.3, -0.25) is 4.79 Å². The van der Waals surface area contributed by atoms with E-state index in [4.69, 9.17) is 5.11 Å². The summed E-state index contributed by atoms with van der Waals surface area (Å²) in [6.45, 7) is 2.14. The van der Waals surface area contributed by atoms with Gasteiger partial charge in [0.2, 0.25) is 10.0 Å². The Morgan fingerprint density at radius 2 is 2.12 bits per heavy atom. The third-order valence-corrected chi connectivity index (χ3v) is 4.08. The Morgan fingerprint density at radius 3 is 2.59 bits per heavy atom. The number of aliphatic hydroxyl groups is 1. The van der Waals surface area contributed by atoms with Gasteiger partial charge in [0.05, 0.1) is 6.61 Å². The first-order valence-electron chi connectivity index (χ1n) is 5.67. The highest BCUT2D eigenvalue weighted by molar-refractivity contribution is 7.90. The maximum Gasteiger partial charge on any atom is 0.322 e. The van der Waals surface area contributed by atoms with Crippen LogP contribution in [-0.4, -0.2) is 45.0 Å². The summed E-state index contributed by atoms with van der Waals surface area (Å²) in [7, 11) is -3.62. The third-order valence-electron chi connectivity index (χ3n) is 2.88. The van der Waals surface area contributed by atoms with Crippen molar-refractivity contribution >= 4 is 16.0 Å². The number of carbonyl (C=O) groups excluding carboxylic acids is 1. The molecule has 0 heterocycles. The van der Waals surface area contributed by atoms with E-state index >= 15 is 0 Å². The van der Waals surface area contributed by atoms with Crippen LogP contribution in [0.4, 0.5) is 0 Å². The number of sulfonamides is 1. The van der Waals surface area contributed by atoms with Crippen molar-refractivity contribution in [2.45, 2.75) is 26.2 Å². The molecule has 0 unspecified atom stereocenters. The number of hydrogen-bond acceptors (Lipinski definition) is 5. The zero-order chi connectivity index (χ0) is 12.9. The summed E-state index contributed by atoms with van der Waals surface area (Å²) in [5.74, 6) is -1.39. The van der Waals surface area contributed by atoms with E-state index in [1.54, 1.807) is 6.92 Å². The third kappa shape index (κ3) is 5.01. The lowest BCUT2D eigenvalue weighted by Crippen LogP contribution is -2.35. The van der Waals surface area contributed by atoms with Crippen molar-refractivity contribution in [1.82, 2.24) is 4.72 Å². The van der Waals surface area contributed by atoms with Crippen LogP contribution in [0.1, 0.15) is 26.2 Å². The van der Waals surface area contributed by atoms with E-state index in [9.17, 15) is 13.2 Å². The number of hydrogen-bond donors (Lipinski definition) is 2. The van der Waals surface area contributed by atoms with Crippen LogP contribution >= 0.6 is 0 Å². The maximum atomic E-state index is 11.5. The van der Waals surface area contributed by atoms with Crippen LogP contribution in [-0.2, 0) is 19.6 Å². The van der Waals surface area contributed by atoms with Crippen molar-refractivity contribution in [1.29, 1.82) is 0 Å². The van der Waals surface area contributed by atoms with Crippen molar-refractivity contribution in [3.63, 3.8) is 0 Å². The quantitative estimate of drug-likeness (QED) is 0.584. The summed E-state index contributed by atoms with van der Waals surface area (Å²) >= 11 is 0. The molecule has 0 aromatic rings. The van der Waals surface area contributed by atoms with Gasteiger partial charge in [-0.2, -0.15) is 0 Å². The Kier molecular flexibility index (Phi) is 4.91. The minimum atomic E-state index is -3.62. The molecule has 0 saturated heterocycles. The molecule has 0 spiro atoms. The second kappa shape index (κ2) is 5.79. The van der Waals surface area contributed by atoms with Crippen LogP contribution in [0.5, 0.6) is 0 Å². The fourth-order valence-corrected chi connectivity index (χ4v) is 2.62. The highest BCUT2D eigenvalue weighted by Crippen LogP contribution is 2.47. The van der Waals surface area contributed by atoms with Crippen molar-refractivity contribution in [2.24, 2.45) is 5.41 Å². The summed E-state index contributed by atoms with van der Waals surface area (Å²) in [5.41, 5.74) is -0.101. The minimum absolute atomic E-state index is 0.0552. The standard InChI is InChI=1S/C10H19NO5S/c1-2-16-9(13)7-17(14,15)11-8-10(3-4-10)5-6-12/h11-12H,2-8H2,1H3. The van der Waals surface area contributed by atoms with Gasteiger partial charge in [-0.15, -0.1) is 0 Å². The topological polar surface area (TPSA) is 92.7 Å². The summed E-state index contributed by atoms with van der Waals surface area (Å²) < 4.78 is 30.0. The molecule has 2 N–H and O–H groups in total. The van der Waals surface area contributed by atoms with E-state index in [0.717, 1.165) is 12.8 Å². The van der Waals surface area contributed by atoms with Gasteiger partial charge in [0.25, 0.3) is 0 Å². The number of ether oxygens (including phenoxy) is 1. The van der Waals surface area contributed by atoms with Crippen LogP contribution in [0.3, 0.4) is 0 Å². The minimum Gasteiger partial charge on any atom is -0.465 e. The predicted octanol–water partition coefficient (Wildman–Crippen LogP) is -0.369. The van der Waals surface area contributed by atoms with Crippen molar-refractivity contribution in [2.75, 3.05) is 25.5 Å². The Morgan fingerprint density at radius 1 is 1.47 bits per heavy atom. The van der Waals surface area contributed by atoms with Crippen molar-refractivity contribution < 1.29 is 23.1 Å². The van der Waals surface area contributed by atoms with E-state index in [2.05, 4.69) is 9.46 Å². The molecule has 17 heavy (non-hydrogen) atoms. The summed E-state index contributed by atoms with van der Waals surface area (Å²) in [5, 5.41) is 8.84. The molecule has 0 atom stereocenters. The number of esters is 1. The van der Waals surface area contributed by atoms with Gasteiger partial charge in [0, 0.05) is 13.2 Å². The van der Waals surface area contributed by atoms with E-state index in [1.807, 2.05) is 0 Å². The molecular formula is C10H19NO5S. The van der Waals surface area contributed by atoms with E-state index in [0.29, 0.717) is 6.42 Å². The van der Waals surface area contributed by atoms with Crippen LogP contribution < -0.4 is 4.72 Å². The fraction of sp³-hybridized carbons (Fsp3) is 0.900. The second-order valence-electron chi connectivity index (χ2n) is 4.36. The van der Waals surface area contributed by atoms with E-state index in [-0.39, 0.29) is 25.2 Å². The van der Waals surface area contributed by atoms with Gasteiger partial charge in [-0.25, -0.2) is 13.1 Å². The van der Waals surface area contributed by atoms with Gasteiger partial charge in [0.15, 0.2) is 5.75 Å². The smallest absolute Gasteiger partial charge is 0.322 e. The van der Waals surface area contributed by atoms with Gasteiger partial charge >= 0.3 is 5.97 Å². The highest BCUT2D eigenvalue weighted by atomic mass is 32.2. The summed E-state index contributed by atoms with van der Waals surface area (Å²) in [6.07, 6.45) is 2.42. The number of carbonyl (C=O) groups is 1. The molecule has 1 saturated carbocycles. The number of rotatable bonds is 8. The molecule has 1 rings (SSSR count). The Labute approximate surface area is 101 Å². The highest BCUT2D eigenvalue weighted by Gasteiger charge is 2.42. The number of nitrogens with one attached hydrogen (secondary N) is 1. The largest absolute Gasteiger partial charge is 0.465 e. The lowest BCUT2D eigenvalue weighted by atomic mass is 10.0. The zero-order valence-electron chi connectivity index (χ0n) is 9.94. The van der Waals surface area contributed by atoms with Crippen LogP contribution in [0.15, 0.2) is 0 Å². The SMILES string of the molecule is CCOC(=O)CS(=O)(=O)NCC1(CCO)CC1. The molecule has 0 radical (unpaired) electrons. The van der Waals surface area contributed by atoms with Gasteiger partial charge in [-0.1, -0.05) is 0 Å². The summed E-state index contributed by atoms with van der Waals surface area (Å²) in [6, 6.07) is 0. The first-order valence-corrected chi connectivity index (χ1v) is 7.32. The molecule has 1 aliphatic carbocycles. The van der Waals surface area contributed by atoms with Crippen molar-refractivity contribution in [3.05, 3.63) is 0 Å². The van der Waals surface area contributed by atoms with Gasteiger partial charge in [-0.05, 0) is 31.6 Å². The molecule has 100 valence electrons. The Bertz CT molecular complexity index is 361. The second-order valence-corrected chi connectivity index (χ2v) is 6.17. The average molecular weight is 265 g/mol. The molecule has 1 aliphatic rings. The van der Waals surface area contributed by atoms with Crippen molar-refractivity contribution in [3.8, 4) is 0 Å². The molecule has 0 amide bonds. The normalized spacial score (nSPS) is 17.8. The van der Waals surface area contributed by atoms with Gasteiger partial charge in [0.1, 0.15) is 0 Å². The van der Waals surface area contributed by atoms with E-state index < -0.39 is 21.7 Å². The Balaban J connectivity index is 2.37. The average Bonchev–Trinajstić information content (AvgIpc) is 2.96. The Hall–Kier alpha value is -0.660. The molecular weight excluding hydrogens is 246 g/mol. The lowest BCUT2D eigenvalue weighted by molar-refractivity contribution is -0.139. The van der Waals surface area contributed by atoms with Crippen LogP contribution in [0.25, 0.3) is 0 Å². The summed E-state index contributed by atoms with van der Waals surface area (Å²) in [4.78, 5) is 11.0. The lowest BCUT2D eigenvalue weighted by Gasteiger charge is -2.14.